The normalized spacial score (nSPS) is 10.8. The highest BCUT2D eigenvalue weighted by Gasteiger charge is 2.10. The molecule has 0 saturated carbocycles. The van der Waals surface area contributed by atoms with Crippen molar-refractivity contribution in [3.05, 3.63) is 66.5 Å². The zero-order chi connectivity index (χ0) is 17.6. The van der Waals surface area contributed by atoms with E-state index in [1.807, 2.05) is 53.1 Å². The summed E-state index contributed by atoms with van der Waals surface area (Å²) in [6, 6.07) is 17.8. The molecule has 5 nitrogen and oxygen atoms in total. The van der Waals surface area contributed by atoms with E-state index in [-0.39, 0.29) is 11.7 Å². The summed E-state index contributed by atoms with van der Waals surface area (Å²) >= 11 is 1.36. The van der Waals surface area contributed by atoms with Crippen LogP contribution in [0.1, 0.15) is 25.3 Å². The van der Waals surface area contributed by atoms with Crippen molar-refractivity contribution in [3.8, 4) is 5.69 Å². The van der Waals surface area contributed by atoms with Gasteiger partial charge in [-0.2, -0.15) is 0 Å². The number of anilines is 1. The molecule has 0 aliphatic rings. The molecule has 0 spiro atoms. The maximum atomic E-state index is 12.2. The molecule has 0 fully saturated rings. The van der Waals surface area contributed by atoms with E-state index in [9.17, 15) is 4.79 Å². The summed E-state index contributed by atoms with van der Waals surface area (Å²) < 4.78 is 1.87. The molecule has 3 aromatic rings. The lowest BCUT2D eigenvalue weighted by atomic mass is 10.0. The SMILES string of the molecule is CC(C)c1cccc(NC(=O)CSc2nncn2-c2ccccc2)c1. The second-order valence-corrected chi connectivity index (χ2v) is 6.88. The van der Waals surface area contributed by atoms with Crippen LogP contribution < -0.4 is 5.32 Å². The molecule has 0 unspecified atom stereocenters. The van der Waals surface area contributed by atoms with E-state index >= 15 is 0 Å². The first kappa shape index (κ1) is 17.2. The molecule has 0 saturated heterocycles. The number of carbonyl (C=O) groups excluding carboxylic acids is 1. The third-order valence-corrected chi connectivity index (χ3v) is 4.66. The number of nitrogens with one attached hydrogen (secondary N) is 1. The standard InChI is InChI=1S/C19H20N4OS/c1-14(2)15-7-6-8-16(11-15)21-18(24)12-25-19-22-20-13-23(19)17-9-4-3-5-10-17/h3-11,13-14H,12H2,1-2H3,(H,21,24). The molecule has 0 aliphatic carbocycles. The van der Waals surface area contributed by atoms with E-state index in [0.29, 0.717) is 11.1 Å². The molecular weight excluding hydrogens is 332 g/mol. The zero-order valence-corrected chi connectivity index (χ0v) is 15.0. The Morgan fingerprint density at radius 2 is 1.96 bits per heavy atom. The minimum Gasteiger partial charge on any atom is -0.325 e. The Kier molecular flexibility index (Phi) is 5.50. The van der Waals surface area contributed by atoms with Gasteiger partial charge in [0, 0.05) is 11.4 Å². The van der Waals surface area contributed by atoms with Crippen LogP contribution in [0, 0.1) is 0 Å². The Morgan fingerprint density at radius 3 is 2.72 bits per heavy atom. The molecule has 3 rings (SSSR count). The molecule has 1 heterocycles. The fourth-order valence-corrected chi connectivity index (χ4v) is 3.12. The van der Waals surface area contributed by atoms with Crippen molar-refractivity contribution in [2.45, 2.75) is 24.9 Å². The van der Waals surface area contributed by atoms with Gasteiger partial charge >= 0.3 is 0 Å². The van der Waals surface area contributed by atoms with E-state index in [1.54, 1.807) is 6.33 Å². The van der Waals surface area contributed by atoms with Gasteiger partial charge in [-0.1, -0.05) is 55.9 Å². The smallest absolute Gasteiger partial charge is 0.234 e. The maximum absolute atomic E-state index is 12.2. The van der Waals surface area contributed by atoms with Crippen molar-refractivity contribution >= 4 is 23.4 Å². The lowest BCUT2D eigenvalue weighted by molar-refractivity contribution is -0.113. The maximum Gasteiger partial charge on any atom is 0.234 e. The van der Waals surface area contributed by atoms with Gasteiger partial charge in [0.1, 0.15) is 6.33 Å². The van der Waals surface area contributed by atoms with Crippen molar-refractivity contribution in [2.75, 3.05) is 11.1 Å². The highest BCUT2D eigenvalue weighted by atomic mass is 32.2. The van der Waals surface area contributed by atoms with Gasteiger partial charge in [-0.05, 0) is 35.7 Å². The number of benzene rings is 2. The first-order chi connectivity index (χ1) is 12.1. The molecule has 0 atom stereocenters. The Morgan fingerprint density at radius 1 is 1.16 bits per heavy atom. The number of nitrogens with zero attached hydrogens (tertiary/aromatic N) is 3. The molecule has 25 heavy (non-hydrogen) atoms. The lowest BCUT2D eigenvalue weighted by Crippen LogP contribution is -2.14. The van der Waals surface area contributed by atoms with Gasteiger partial charge in [-0.25, -0.2) is 0 Å². The third-order valence-electron chi connectivity index (χ3n) is 3.72. The minimum atomic E-state index is -0.0616. The summed E-state index contributed by atoms with van der Waals surface area (Å²) in [7, 11) is 0. The second kappa shape index (κ2) is 7.98. The van der Waals surface area contributed by atoms with Crippen LogP contribution in [-0.4, -0.2) is 26.4 Å². The van der Waals surface area contributed by atoms with Crippen molar-refractivity contribution in [1.82, 2.24) is 14.8 Å². The summed E-state index contributed by atoms with van der Waals surface area (Å²) in [6.07, 6.45) is 1.65. The summed E-state index contributed by atoms with van der Waals surface area (Å²) in [5.41, 5.74) is 3.00. The Bertz CT molecular complexity index is 845. The molecule has 0 bridgehead atoms. The van der Waals surface area contributed by atoms with E-state index in [4.69, 9.17) is 0 Å². The van der Waals surface area contributed by atoms with Gasteiger partial charge in [0.25, 0.3) is 0 Å². The zero-order valence-electron chi connectivity index (χ0n) is 14.2. The van der Waals surface area contributed by atoms with Crippen LogP contribution >= 0.6 is 11.8 Å². The third kappa shape index (κ3) is 4.48. The van der Waals surface area contributed by atoms with Crippen molar-refractivity contribution in [2.24, 2.45) is 0 Å². The predicted octanol–water partition coefficient (Wildman–Crippen LogP) is 4.12. The van der Waals surface area contributed by atoms with Crippen LogP contribution in [0.15, 0.2) is 66.1 Å². The highest BCUT2D eigenvalue weighted by Crippen LogP contribution is 2.21. The summed E-state index contributed by atoms with van der Waals surface area (Å²) in [6.45, 7) is 4.26. The molecule has 0 radical (unpaired) electrons. The Hall–Kier alpha value is -2.60. The number of hydrogen-bond acceptors (Lipinski definition) is 4. The van der Waals surface area contributed by atoms with Gasteiger partial charge in [0.05, 0.1) is 5.75 Å². The number of thioether (sulfide) groups is 1. The Balaban J connectivity index is 1.62. The topological polar surface area (TPSA) is 59.8 Å². The van der Waals surface area contributed by atoms with Gasteiger partial charge in [-0.15, -0.1) is 10.2 Å². The van der Waals surface area contributed by atoms with Gasteiger partial charge in [0.15, 0.2) is 5.16 Å². The van der Waals surface area contributed by atoms with E-state index < -0.39 is 0 Å². The van der Waals surface area contributed by atoms with Crippen molar-refractivity contribution < 1.29 is 4.79 Å². The number of hydrogen-bond donors (Lipinski definition) is 1. The number of rotatable bonds is 6. The van der Waals surface area contributed by atoms with E-state index in [1.165, 1.54) is 17.3 Å². The molecule has 1 amide bonds. The molecule has 6 heteroatoms. The average Bonchev–Trinajstić information content (AvgIpc) is 3.09. The van der Waals surface area contributed by atoms with Crippen LogP contribution in [-0.2, 0) is 4.79 Å². The van der Waals surface area contributed by atoms with Gasteiger partial charge < -0.3 is 5.32 Å². The number of amides is 1. The fourth-order valence-electron chi connectivity index (χ4n) is 2.39. The van der Waals surface area contributed by atoms with Crippen LogP contribution in [0.5, 0.6) is 0 Å². The summed E-state index contributed by atoms with van der Waals surface area (Å²) in [4.78, 5) is 12.2. The van der Waals surface area contributed by atoms with Crippen LogP contribution in [0.3, 0.4) is 0 Å². The molecule has 2 aromatic carbocycles. The summed E-state index contributed by atoms with van der Waals surface area (Å²) in [5, 5.41) is 11.7. The van der Waals surface area contributed by atoms with Crippen LogP contribution in [0.25, 0.3) is 5.69 Å². The van der Waals surface area contributed by atoms with Gasteiger partial charge in [0.2, 0.25) is 5.91 Å². The molecule has 0 aliphatic heterocycles. The number of para-hydroxylation sites is 1. The van der Waals surface area contributed by atoms with Crippen molar-refractivity contribution in [1.29, 1.82) is 0 Å². The largest absolute Gasteiger partial charge is 0.325 e. The minimum absolute atomic E-state index is 0.0616. The van der Waals surface area contributed by atoms with Crippen molar-refractivity contribution in [3.63, 3.8) is 0 Å². The van der Waals surface area contributed by atoms with E-state index in [2.05, 4.69) is 35.4 Å². The Labute approximate surface area is 151 Å². The molecule has 128 valence electrons. The quantitative estimate of drug-likeness (QED) is 0.678. The monoisotopic (exact) mass is 352 g/mol. The first-order valence-electron chi connectivity index (χ1n) is 8.11. The van der Waals surface area contributed by atoms with Gasteiger partial charge in [-0.3, -0.25) is 9.36 Å². The summed E-state index contributed by atoms with van der Waals surface area (Å²) in [5.74, 6) is 0.640. The fraction of sp³-hybridized carbons (Fsp3) is 0.211. The van der Waals surface area contributed by atoms with Crippen LogP contribution in [0.4, 0.5) is 5.69 Å². The number of carbonyl (C=O) groups is 1. The molecule has 1 aromatic heterocycles. The lowest BCUT2D eigenvalue weighted by Gasteiger charge is -2.10. The predicted molar refractivity (Wildman–Crippen MR) is 101 cm³/mol. The second-order valence-electron chi connectivity index (χ2n) is 5.94. The van der Waals surface area contributed by atoms with E-state index in [0.717, 1.165) is 11.4 Å². The van der Waals surface area contributed by atoms with Crippen LogP contribution in [0.2, 0.25) is 0 Å². The average molecular weight is 352 g/mol. The highest BCUT2D eigenvalue weighted by molar-refractivity contribution is 7.99. The molecular formula is C19H20N4OS. The first-order valence-corrected chi connectivity index (χ1v) is 9.10. The molecule has 1 N–H and O–H groups in total. The number of aromatic nitrogens is 3.